The van der Waals surface area contributed by atoms with Crippen molar-refractivity contribution in [2.45, 2.75) is 25.3 Å². The van der Waals surface area contributed by atoms with Crippen molar-refractivity contribution in [2.75, 3.05) is 6.54 Å². The maximum absolute atomic E-state index is 13.6. The zero-order valence-corrected chi connectivity index (χ0v) is 14.2. The topological polar surface area (TPSA) is 61.9 Å². The van der Waals surface area contributed by atoms with Gasteiger partial charge < -0.3 is 4.90 Å². The Morgan fingerprint density at radius 3 is 2.85 bits per heavy atom. The number of amides is 1. The number of rotatable bonds is 3. The first kappa shape index (κ1) is 16.4. The first-order valence-corrected chi connectivity index (χ1v) is 8.74. The van der Waals surface area contributed by atoms with Gasteiger partial charge in [0.05, 0.1) is 17.9 Å². The molecule has 1 fully saturated rings. The van der Waals surface area contributed by atoms with Crippen molar-refractivity contribution in [3.63, 3.8) is 0 Å². The number of hydrogen-bond donors (Lipinski definition) is 1. The van der Waals surface area contributed by atoms with Crippen LogP contribution < -0.4 is 0 Å². The fraction of sp³-hybridized carbons (Fsp3) is 0.250. The lowest BCUT2D eigenvalue weighted by atomic mass is 9.94. The van der Waals surface area contributed by atoms with E-state index in [1.807, 2.05) is 17.0 Å². The second kappa shape index (κ2) is 7.07. The number of H-pyrrole nitrogens is 1. The van der Waals surface area contributed by atoms with Crippen molar-refractivity contribution < 1.29 is 9.18 Å². The van der Waals surface area contributed by atoms with Gasteiger partial charge in [0.15, 0.2) is 0 Å². The van der Waals surface area contributed by atoms with Crippen LogP contribution in [0, 0.1) is 5.82 Å². The summed E-state index contributed by atoms with van der Waals surface area (Å²) in [5.74, 6) is -0.548. The Labute approximate surface area is 150 Å². The molecule has 0 spiro atoms. The van der Waals surface area contributed by atoms with Crippen molar-refractivity contribution in [3.05, 3.63) is 72.1 Å². The highest BCUT2D eigenvalue weighted by molar-refractivity contribution is 5.94. The van der Waals surface area contributed by atoms with Gasteiger partial charge in [-0.25, -0.2) is 4.39 Å². The summed E-state index contributed by atoms with van der Waals surface area (Å²) in [6, 6.07) is 9.62. The van der Waals surface area contributed by atoms with Crippen molar-refractivity contribution in [1.82, 2.24) is 20.1 Å². The van der Waals surface area contributed by atoms with Crippen LogP contribution in [-0.4, -0.2) is 32.5 Å². The van der Waals surface area contributed by atoms with E-state index in [0.29, 0.717) is 12.1 Å². The number of piperidine rings is 1. The summed E-state index contributed by atoms with van der Waals surface area (Å²) in [6.07, 6.45) is 8.08. The predicted octanol–water partition coefficient (Wildman–Crippen LogP) is 3.98. The van der Waals surface area contributed by atoms with Crippen molar-refractivity contribution >= 4 is 5.91 Å². The van der Waals surface area contributed by atoms with Gasteiger partial charge in [-0.1, -0.05) is 6.07 Å². The van der Waals surface area contributed by atoms with Crippen molar-refractivity contribution in [2.24, 2.45) is 0 Å². The summed E-state index contributed by atoms with van der Waals surface area (Å²) < 4.78 is 13.6. The Bertz CT molecular complexity index is 909. The lowest BCUT2D eigenvalue weighted by Crippen LogP contribution is -2.39. The third kappa shape index (κ3) is 3.10. The molecule has 2 aromatic heterocycles. The smallest absolute Gasteiger partial charge is 0.254 e. The quantitative estimate of drug-likeness (QED) is 0.777. The molecule has 0 saturated carbocycles. The average Bonchev–Trinajstić information content (AvgIpc) is 3.18. The average molecular weight is 350 g/mol. The van der Waals surface area contributed by atoms with Crippen molar-refractivity contribution in [1.29, 1.82) is 0 Å². The predicted molar refractivity (Wildman–Crippen MR) is 95.8 cm³/mol. The van der Waals surface area contributed by atoms with E-state index in [4.69, 9.17) is 0 Å². The largest absolute Gasteiger partial charge is 0.330 e. The fourth-order valence-electron chi connectivity index (χ4n) is 3.57. The van der Waals surface area contributed by atoms with E-state index in [0.717, 1.165) is 36.1 Å². The minimum atomic E-state index is -0.400. The number of hydrogen-bond acceptors (Lipinski definition) is 3. The summed E-state index contributed by atoms with van der Waals surface area (Å²) in [5.41, 5.74) is 3.27. The number of nitrogens with zero attached hydrogens (tertiary/aromatic N) is 3. The summed E-state index contributed by atoms with van der Waals surface area (Å²) in [4.78, 5) is 18.9. The SMILES string of the molecule is O=C(c1cccc(F)c1)N1CCCCC1c1[nH]ncc1-c1ccncc1. The highest BCUT2D eigenvalue weighted by Crippen LogP contribution is 2.36. The number of benzene rings is 1. The molecule has 1 unspecified atom stereocenters. The number of carbonyl (C=O) groups excluding carboxylic acids is 1. The van der Waals surface area contributed by atoms with Crippen LogP contribution in [0.25, 0.3) is 11.1 Å². The maximum Gasteiger partial charge on any atom is 0.254 e. The van der Waals surface area contributed by atoms with Crippen LogP contribution in [0.4, 0.5) is 4.39 Å². The maximum atomic E-state index is 13.6. The molecule has 3 heterocycles. The fourth-order valence-corrected chi connectivity index (χ4v) is 3.57. The molecule has 1 amide bonds. The molecule has 1 aliphatic rings. The molecule has 1 aromatic carbocycles. The molecule has 5 nitrogen and oxygen atoms in total. The Morgan fingerprint density at radius 1 is 1.19 bits per heavy atom. The van der Waals surface area contributed by atoms with E-state index in [2.05, 4.69) is 15.2 Å². The van der Waals surface area contributed by atoms with E-state index in [-0.39, 0.29) is 11.9 Å². The first-order valence-electron chi connectivity index (χ1n) is 8.74. The van der Waals surface area contributed by atoms with Crippen LogP contribution in [0.15, 0.2) is 55.0 Å². The Balaban J connectivity index is 1.69. The van der Waals surface area contributed by atoms with Gasteiger partial charge in [-0.05, 0) is 55.2 Å². The number of nitrogens with one attached hydrogen (secondary N) is 1. The third-order valence-electron chi connectivity index (χ3n) is 4.83. The molecule has 6 heteroatoms. The molecule has 1 N–H and O–H groups in total. The molecule has 1 saturated heterocycles. The molecule has 132 valence electrons. The van der Waals surface area contributed by atoms with Gasteiger partial charge in [0.2, 0.25) is 0 Å². The zero-order valence-electron chi connectivity index (χ0n) is 14.2. The van der Waals surface area contributed by atoms with E-state index in [1.165, 1.54) is 12.1 Å². The van der Waals surface area contributed by atoms with Gasteiger partial charge in [0.1, 0.15) is 5.82 Å². The third-order valence-corrected chi connectivity index (χ3v) is 4.83. The summed E-state index contributed by atoms with van der Waals surface area (Å²) in [7, 11) is 0. The Morgan fingerprint density at radius 2 is 2.04 bits per heavy atom. The second-order valence-electron chi connectivity index (χ2n) is 6.45. The van der Waals surface area contributed by atoms with Crippen LogP contribution in [0.1, 0.15) is 41.4 Å². The van der Waals surface area contributed by atoms with Gasteiger partial charge in [-0.2, -0.15) is 5.10 Å². The molecular weight excluding hydrogens is 331 g/mol. The van der Waals surface area contributed by atoms with Crippen LogP contribution in [0.2, 0.25) is 0 Å². The Hall–Kier alpha value is -3.02. The minimum absolute atomic E-state index is 0.106. The molecule has 1 atom stereocenters. The normalized spacial score (nSPS) is 17.3. The number of aromatic nitrogens is 3. The van der Waals surface area contributed by atoms with E-state index in [1.54, 1.807) is 30.7 Å². The molecule has 0 aliphatic carbocycles. The van der Waals surface area contributed by atoms with Crippen LogP contribution in [0.3, 0.4) is 0 Å². The molecular formula is C20H19FN4O. The standard InChI is InChI=1S/C20H19FN4O/c21-16-5-3-4-15(12-16)20(26)25-11-2-1-6-18(25)19-17(13-23-24-19)14-7-9-22-10-8-14/h3-5,7-10,12-13,18H,1-2,6,11H2,(H,23,24). The second-order valence-corrected chi connectivity index (χ2v) is 6.45. The molecule has 0 radical (unpaired) electrons. The van der Waals surface area contributed by atoms with Gasteiger partial charge in [0, 0.05) is 30.1 Å². The number of likely N-dealkylation sites (tertiary alicyclic amines) is 1. The molecule has 26 heavy (non-hydrogen) atoms. The van der Waals surface area contributed by atoms with Crippen LogP contribution >= 0.6 is 0 Å². The summed E-state index contributed by atoms with van der Waals surface area (Å²) in [5, 5.41) is 7.29. The van der Waals surface area contributed by atoms with Gasteiger partial charge in [-0.15, -0.1) is 0 Å². The monoisotopic (exact) mass is 350 g/mol. The molecule has 0 bridgehead atoms. The number of carbonyl (C=O) groups is 1. The molecule has 3 aromatic rings. The van der Waals surface area contributed by atoms with Crippen LogP contribution in [-0.2, 0) is 0 Å². The highest BCUT2D eigenvalue weighted by atomic mass is 19.1. The minimum Gasteiger partial charge on any atom is -0.330 e. The number of halogens is 1. The highest BCUT2D eigenvalue weighted by Gasteiger charge is 2.31. The van der Waals surface area contributed by atoms with Crippen molar-refractivity contribution in [3.8, 4) is 11.1 Å². The lowest BCUT2D eigenvalue weighted by Gasteiger charge is -2.35. The van der Waals surface area contributed by atoms with Gasteiger partial charge >= 0.3 is 0 Å². The zero-order chi connectivity index (χ0) is 17.9. The van der Waals surface area contributed by atoms with E-state index >= 15 is 0 Å². The molecule has 1 aliphatic heterocycles. The van der Waals surface area contributed by atoms with Crippen LogP contribution in [0.5, 0.6) is 0 Å². The number of pyridine rings is 1. The summed E-state index contributed by atoms with van der Waals surface area (Å²) in [6.45, 7) is 0.648. The lowest BCUT2D eigenvalue weighted by molar-refractivity contribution is 0.0606. The van der Waals surface area contributed by atoms with E-state index < -0.39 is 5.82 Å². The molecule has 4 rings (SSSR count). The van der Waals surface area contributed by atoms with Gasteiger partial charge in [0.25, 0.3) is 5.91 Å². The number of aromatic amines is 1. The van der Waals surface area contributed by atoms with E-state index in [9.17, 15) is 9.18 Å². The Kier molecular flexibility index (Phi) is 4.48. The van der Waals surface area contributed by atoms with Gasteiger partial charge in [-0.3, -0.25) is 14.9 Å². The first-order chi connectivity index (χ1) is 12.7. The summed E-state index contributed by atoms with van der Waals surface area (Å²) >= 11 is 0.